The lowest BCUT2D eigenvalue weighted by molar-refractivity contribution is 0.101. The number of nitrogens with one attached hydrogen (secondary N) is 2. The maximum atomic E-state index is 13.9. The lowest BCUT2D eigenvalue weighted by Gasteiger charge is -2.13. The van der Waals surface area contributed by atoms with E-state index in [1.54, 1.807) is 0 Å². The average molecular weight is 545 g/mol. The van der Waals surface area contributed by atoms with Crippen LogP contribution in [0.3, 0.4) is 0 Å². The van der Waals surface area contributed by atoms with Crippen molar-refractivity contribution in [2.45, 2.75) is 24.0 Å². The molecule has 0 atom stereocenters. The molecule has 0 unspecified atom stereocenters. The van der Waals surface area contributed by atoms with Crippen molar-refractivity contribution in [3.05, 3.63) is 81.9 Å². The molecule has 0 aliphatic heterocycles. The van der Waals surface area contributed by atoms with Gasteiger partial charge in [0.1, 0.15) is 5.75 Å². The highest BCUT2D eigenvalue weighted by molar-refractivity contribution is 7.92. The summed E-state index contributed by atoms with van der Waals surface area (Å²) in [4.78, 5) is 24.8. The summed E-state index contributed by atoms with van der Waals surface area (Å²) in [7, 11) is -3.66. The Labute approximate surface area is 207 Å². The summed E-state index contributed by atoms with van der Waals surface area (Å²) in [5.41, 5.74) is -1.76. The second kappa shape index (κ2) is 10.2. The molecular formula is C23H17ClF4N2O5S. The fraction of sp³-hybridized carbons (Fsp3) is 0.130. The van der Waals surface area contributed by atoms with Crippen LogP contribution in [-0.2, 0) is 9.84 Å². The number of carbonyl (C=O) groups excluding carboxylic acids is 2. The highest BCUT2D eigenvalue weighted by Gasteiger charge is 2.24. The van der Waals surface area contributed by atoms with Crippen molar-refractivity contribution in [3.63, 3.8) is 0 Å². The molecule has 2 amide bonds. The SMILES string of the molecule is CC(C)S(=O)(=O)c1cccc(C(=O)Nc2cc(Cl)c(NC(=O)c3cc(F)c(F)c(F)c3F)cc2O)c1. The summed E-state index contributed by atoms with van der Waals surface area (Å²) in [5, 5.41) is 13.6. The number of amides is 2. The topological polar surface area (TPSA) is 113 Å². The van der Waals surface area contributed by atoms with Gasteiger partial charge in [-0.1, -0.05) is 17.7 Å². The van der Waals surface area contributed by atoms with Crippen LogP contribution >= 0.6 is 11.6 Å². The van der Waals surface area contributed by atoms with Crippen LogP contribution < -0.4 is 10.6 Å². The van der Waals surface area contributed by atoms with Crippen LogP contribution in [0, 0.1) is 23.3 Å². The third kappa shape index (κ3) is 5.29. The van der Waals surface area contributed by atoms with Crippen molar-refractivity contribution in [3.8, 4) is 5.75 Å². The van der Waals surface area contributed by atoms with Gasteiger partial charge in [-0.3, -0.25) is 9.59 Å². The second-order valence-corrected chi connectivity index (χ2v) is 10.6. The monoisotopic (exact) mass is 544 g/mol. The number of rotatable bonds is 6. The Kier molecular flexibility index (Phi) is 7.60. The molecule has 3 aromatic carbocycles. The Bertz CT molecular complexity index is 1500. The van der Waals surface area contributed by atoms with Gasteiger partial charge in [-0.25, -0.2) is 26.0 Å². The van der Waals surface area contributed by atoms with Gasteiger partial charge in [0.15, 0.2) is 33.1 Å². The molecule has 0 fully saturated rings. The lowest BCUT2D eigenvalue weighted by Crippen LogP contribution is -2.17. The van der Waals surface area contributed by atoms with Gasteiger partial charge in [-0.15, -0.1) is 0 Å². The van der Waals surface area contributed by atoms with Crippen molar-refractivity contribution < 1.29 is 40.7 Å². The fourth-order valence-electron chi connectivity index (χ4n) is 2.97. The zero-order valence-electron chi connectivity index (χ0n) is 18.5. The lowest BCUT2D eigenvalue weighted by atomic mass is 10.1. The minimum absolute atomic E-state index is 0.0412. The van der Waals surface area contributed by atoms with Gasteiger partial charge >= 0.3 is 0 Å². The van der Waals surface area contributed by atoms with E-state index in [4.69, 9.17) is 11.6 Å². The highest BCUT2D eigenvalue weighted by atomic mass is 35.5. The molecule has 0 aliphatic carbocycles. The normalized spacial score (nSPS) is 11.4. The predicted molar refractivity (Wildman–Crippen MR) is 124 cm³/mol. The Balaban J connectivity index is 1.84. The number of phenols is 1. The van der Waals surface area contributed by atoms with Crippen molar-refractivity contribution in [2.24, 2.45) is 0 Å². The number of anilines is 2. The number of benzene rings is 3. The first-order chi connectivity index (χ1) is 16.7. The molecule has 0 bridgehead atoms. The van der Waals surface area contributed by atoms with Crippen molar-refractivity contribution >= 4 is 44.6 Å². The van der Waals surface area contributed by atoms with E-state index in [-0.39, 0.29) is 32.9 Å². The quantitative estimate of drug-likeness (QED) is 0.169. The van der Waals surface area contributed by atoms with E-state index in [1.807, 2.05) is 5.32 Å². The molecule has 13 heteroatoms. The third-order valence-corrected chi connectivity index (χ3v) is 7.44. The number of phenolic OH excluding ortho intramolecular Hbond substituents is 1. The number of hydrogen-bond donors (Lipinski definition) is 3. The van der Waals surface area contributed by atoms with Gasteiger partial charge in [0.25, 0.3) is 11.8 Å². The maximum Gasteiger partial charge on any atom is 0.258 e. The molecule has 0 saturated heterocycles. The number of carbonyl (C=O) groups is 2. The van der Waals surface area contributed by atoms with Crippen LogP contribution in [0.15, 0.2) is 47.4 Å². The molecule has 0 saturated carbocycles. The molecule has 3 rings (SSSR count). The summed E-state index contributed by atoms with van der Waals surface area (Å²) >= 11 is 6.05. The molecular weight excluding hydrogens is 528 g/mol. The van der Waals surface area contributed by atoms with Crippen LogP contribution in [-0.4, -0.2) is 30.6 Å². The van der Waals surface area contributed by atoms with Crippen LogP contribution in [0.4, 0.5) is 28.9 Å². The Morgan fingerprint density at radius 3 is 2.17 bits per heavy atom. The molecule has 3 aromatic rings. The Morgan fingerprint density at radius 1 is 0.889 bits per heavy atom. The number of sulfone groups is 1. The molecule has 190 valence electrons. The zero-order valence-corrected chi connectivity index (χ0v) is 20.1. The molecule has 0 radical (unpaired) electrons. The first kappa shape index (κ1) is 27.0. The predicted octanol–water partition coefficient (Wildman–Crippen LogP) is 5.29. The smallest absolute Gasteiger partial charge is 0.258 e. The average Bonchev–Trinajstić information content (AvgIpc) is 2.82. The van der Waals surface area contributed by atoms with Gasteiger partial charge in [0, 0.05) is 11.6 Å². The summed E-state index contributed by atoms with van der Waals surface area (Å²) in [6, 6.07) is 7.24. The summed E-state index contributed by atoms with van der Waals surface area (Å²) in [5.74, 6) is -10.8. The fourth-order valence-corrected chi connectivity index (χ4v) is 4.28. The van der Waals surface area contributed by atoms with E-state index in [2.05, 4.69) is 5.32 Å². The molecule has 0 heterocycles. The van der Waals surface area contributed by atoms with Crippen molar-refractivity contribution in [1.82, 2.24) is 0 Å². The second-order valence-electron chi connectivity index (χ2n) is 7.73. The van der Waals surface area contributed by atoms with E-state index in [0.29, 0.717) is 0 Å². The van der Waals surface area contributed by atoms with E-state index in [9.17, 15) is 40.7 Å². The van der Waals surface area contributed by atoms with Crippen molar-refractivity contribution in [2.75, 3.05) is 10.6 Å². The summed E-state index contributed by atoms with van der Waals surface area (Å²) in [6.07, 6.45) is 0. The minimum atomic E-state index is -3.66. The number of halogens is 5. The molecule has 0 spiro atoms. The minimum Gasteiger partial charge on any atom is -0.506 e. The largest absolute Gasteiger partial charge is 0.506 e. The Hall–Kier alpha value is -3.64. The van der Waals surface area contributed by atoms with Gasteiger partial charge in [-0.05, 0) is 44.2 Å². The Morgan fingerprint density at radius 2 is 1.53 bits per heavy atom. The molecule has 7 nitrogen and oxygen atoms in total. The molecule has 36 heavy (non-hydrogen) atoms. The maximum absolute atomic E-state index is 13.9. The van der Waals surface area contributed by atoms with E-state index < -0.39 is 61.5 Å². The molecule has 0 aromatic heterocycles. The zero-order chi connectivity index (χ0) is 26.9. The standard InChI is InChI=1S/C23H17ClF4N2O5S/c1-10(2)36(34,35)12-5-3-4-11(6-12)22(32)30-17-8-14(24)16(9-18(17)31)29-23(33)13-7-15(25)20(27)21(28)19(13)26/h3-10,31H,1-2H3,(H,29,33)(H,30,32). The van der Waals surface area contributed by atoms with E-state index in [0.717, 1.165) is 18.2 Å². The number of hydrogen-bond acceptors (Lipinski definition) is 5. The van der Waals surface area contributed by atoms with Crippen LogP contribution in [0.25, 0.3) is 0 Å². The van der Waals surface area contributed by atoms with Gasteiger partial charge in [-0.2, -0.15) is 0 Å². The summed E-state index contributed by atoms with van der Waals surface area (Å²) < 4.78 is 78.6. The highest BCUT2D eigenvalue weighted by Crippen LogP contribution is 2.35. The first-order valence-corrected chi connectivity index (χ1v) is 12.0. The molecule has 3 N–H and O–H groups in total. The van der Waals surface area contributed by atoms with Crippen molar-refractivity contribution in [1.29, 1.82) is 0 Å². The van der Waals surface area contributed by atoms with Gasteiger partial charge in [0.2, 0.25) is 0 Å². The van der Waals surface area contributed by atoms with E-state index >= 15 is 0 Å². The van der Waals surface area contributed by atoms with Crippen LogP contribution in [0.1, 0.15) is 34.6 Å². The third-order valence-electron chi connectivity index (χ3n) is 4.97. The number of aromatic hydroxyl groups is 1. The summed E-state index contributed by atoms with van der Waals surface area (Å²) in [6.45, 7) is 2.97. The first-order valence-electron chi connectivity index (χ1n) is 10.1. The molecule has 0 aliphatic rings. The van der Waals surface area contributed by atoms with Gasteiger partial charge in [0.05, 0.1) is 32.1 Å². The van der Waals surface area contributed by atoms with E-state index in [1.165, 1.54) is 32.0 Å². The van der Waals surface area contributed by atoms with Crippen LogP contribution in [0.2, 0.25) is 5.02 Å². The van der Waals surface area contributed by atoms with Crippen LogP contribution in [0.5, 0.6) is 5.75 Å². The van der Waals surface area contributed by atoms with Gasteiger partial charge < -0.3 is 15.7 Å².